The second kappa shape index (κ2) is 8.23. The number of H-pyrrole nitrogens is 1. The molecule has 2 N–H and O–H groups in total. The predicted octanol–water partition coefficient (Wildman–Crippen LogP) is 3.40. The van der Waals surface area contributed by atoms with E-state index in [0.717, 1.165) is 22.3 Å². The molecule has 32 heavy (non-hydrogen) atoms. The van der Waals surface area contributed by atoms with Gasteiger partial charge in [0.25, 0.3) is 0 Å². The number of nitrogens with one attached hydrogen (secondary N) is 2. The van der Waals surface area contributed by atoms with Gasteiger partial charge < -0.3 is 20.1 Å². The number of benzene rings is 1. The normalized spacial score (nSPS) is 15.3. The van der Waals surface area contributed by atoms with E-state index >= 15 is 0 Å². The molecule has 5 rings (SSSR count). The van der Waals surface area contributed by atoms with Crippen LogP contribution >= 0.6 is 11.6 Å². The van der Waals surface area contributed by atoms with Gasteiger partial charge in [0.2, 0.25) is 5.91 Å². The molecule has 164 valence electrons. The van der Waals surface area contributed by atoms with E-state index in [1.165, 1.54) is 6.33 Å². The Morgan fingerprint density at radius 2 is 2.00 bits per heavy atom. The smallest absolute Gasteiger partial charge is 0.219 e. The van der Waals surface area contributed by atoms with Gasteiger partial charge in [-0.05, 0) is 24.4 Å². The van der Waals surface area contributed by atoms with Gasteiger partial charge in [0.1, 0.15) is 17.7 Å². The van der Waals surface area contributed by atoms with Crippen LogP contribution in [0.2, 0.25) is 5.02 Å². The minimum Gasteiger partial charge on any atom is -0.360 e. The van der Waals surface area contributed by atoms with E-state index in [0.29, 0.717) is 48.2 Å². The summed E-state index contributed by atoms with van der Waals surface area (Å²) in [6.07, 6.45) is 3.10. The molecule has 10 heteroatoms. The summed E-state index contributed by atoms with van der Waals surface area (Å²) in [6, 6.07) is 7.80. The maximum Gasteiger partial charge on any atom is 0.219 e. The van der Waals surface area contributed by atoms with Gasteiger partial charge in [-0.15, -0.1) is 0 Å². The Morgan fingerprint density at radius 1 is 1.19 bits per heavy atom. The third-order valence-corrected chi connectivity index (χ3v) is 6.16. The van der Waals surface area contributed by atoms with E-state index < -0.39 is 0 Å². The lowest BCUT2D eigenvalue weighted by atomic mass is 10.1. The third kappa shape index (κ3) is 3.69. The minimum absolute atomic E-state index is 0.0987. The Kier molecular flexibility index (Phi) is 5.26. The van der Waals surface area contributed by atoms with Crippen molar-refractivity contribution in [2.24, 2.45) is 0 Å². The highest BCUT2D eigenvalue weighted by Gasteiger charge is 2.23. The molecule has 0 spiro atoms. The van der Waals surface area contributed by atoms with Crippen molar-refractivity contribution < 1.29 is 4.79 Å². The fraction of sp³-hybridized carbons (Fsp3) is 0.318. The summed E-state index contributed by atoms with van der Waals surface area (Å²) in [5, 5.41) is 6.03. The van der Waals surface area contributed by atoms with Gasteiger partial charge in [0, 0.05) is 38.5 Å². The number of carbonyl (C=O) groups excluding carboxylic acids is 1. The Labute approximate surface area is 189 Å². The number of imidazole rings is 1. The van der Waals surface area contributed by atoms with Crippen molar-refractivity contribution in [1.29, 1.82) is 0 Å². The Morgan fingerprint density at radius 3 is 2.78 bits per heavy atom. The summed E-state index contributed by atoms with van der Waals surface area (Å²) < 4.78 is 0. The Hall–Kier alpha value is -3.46. The summed E-state index contributed by atoms with van der Waals surface area (Å²) in [6.45, 7) is 6.39. The van der Waals surface area contributed by atoms with Crippen molar-refractivity contribution in [2.45, 2.75) is 19.9 Å². The number of halogens is 1. The van der Waals surface area contributed by atoms with Crippen molar-refractivity contribution in [1.82, 2.24) is 29.8 Å². The Balaban J connectivity index is 1.51. The zero-order valence-corrected chi connectivity index (χ0v) is 18.6. The fourth-order valence-corrected chi connectivity index (χ4v) is 4.37. The lowest BCUT2D eigenvalue weighted by Gasteiger charge is -2.36. The molecule has 1 amide bonds. The van der Waals surface area contributed by atoms with Gasteiger partial charge >= 0.3 is 0 Å². The van der Waals surface area contributed by atoms with Crippen LogP contribution in [0.4, 0.5) is 11.6 Å². The lowest BCUT2D eigenvalue weighted by Crippen LogP contribution is -2.48. The van der Waals surface area contributed by atoms with Crippen LogP contribution in [0, 0.1) is 0 Å². The number of aromatic amines is 1. The number of carbonyl (C=O) groups is 1. The highest BCUT2D eigenvalue weighted by molar-refractivity contribution is 6.36. The molecule has 4 heterocycles. The number of anilines is 2. The molecule has 0 saturated carbocycles. The molecule has 4 aromatic rings. The molecular formula is C22H23ClN8O. The van der Waals surface area contributed by atoms with Crippen LogP contribution in [-0.4, -0.2) is 61.9 Å². The summed E-state index contributed by atoms with van der Waals surface area (Å²) >= 11 is 6.60. The number of amides is 1. The maximum atomic E-state index is 11.7. The predicted molar refractivity (Wildman–Crippen MR) is 125 cm³/mol. The molecule has 1 aliphatic rings. The van der Waals surface area contributed by atoms with Crippen LogP contribution in [0.1, 0.15) is 25.6 Å². The van der Waals surface area contributed by atoms with Crippen molar-refractivity contribution in [3.63, 3.8) is 0 Å². The number of hydrogen-bond donors (Lipinski definition) is 2. The van der Waals surface area contributed by atoms with Crippen molar-refractivity contribution in [3.05, 3.63) is 47.6 Å². The molecule has 0 unspecified atom stereocenters. The second-order valence-corrected chi connectivity index (χ2v) is 8.30. The number of fused-ring (bicyclic) bond motifs is 2. The standard InChI is InChI=1S/C22H23ClN8O/c1-13(28-21-19-20(25-11-24-19)26-12-27-21)17-10-15-4-3-5-16(23)18(15)22(29-17)31-8-6-30(7-9-31)14(2)32/h3-5,10-13H,6-9H2,1-2H3,(H2,24,25,26,27,28)/t13-/m0/s1. The van der Waals surface area contributed by atoms with E-state index in [1.807, 2.05) is 30.0 Å². The number of hydrogen-bond acceptors (Lipinski definition) is 7. The van der Waals surface area contributed by atoms with Gasteiger partial charge in [-0.3, -0.25) is 4.79 Å². The molecule has 0 radical (unpaired) electrons. The van der Waals surface area contributed by atoms with E-state index in [2.05, 4.69) is 36.2 Å². The van der Waals surface area contributed by atoms with Crippen LogP contribution in [0.3, 0.4) is 0 Å². The topological polar surface area (TPSA) is 103 Å². The zero-order valence-electron chi connectivity index (χ0n) is 17.8. The average Bonchev–Trinajstić information content (AvgIpc) is 3.28. The van der Waals surface area contributed by atoms with E-state index in [1.54, 1.807) is 13.3 Å². The number of nitrogens with zero attached hydrogens (tertiary/aromatic N) is 6. The first-order valence-corrected chi connectivity index (χ1v) is 10.9. The summed E-state index contributed by atoms with van der Waals surface area (Å²) in [7, 11) is 0. The van der Waals surface area contributed by atoms with Crippen LogP contribution in [0.15, 0.2) is 36.9 Å². The largest absolute Gasteiger partial charge is 0.360 e. The van der Waals surface area contributed by atoms with Crippen molar-refractivity contribution in [3.8, 4) is 0 Å². The van der Waals surface area contributed by atoms with Crippen molar-refractivity contribution >= 4 is 51.1 Å². The van der Waals surface area contributed by atoms with Crippen LogP contribution in [-0.2, 0) is 4.79 Å². The quantitative estimate of drug-likeness (QED) is 0.491. The number of aromatic nitrogens is 5. The number of piperazine rings is 1. The van der Waals surface area contributed by atoms with Crippen LogP contribution in [0.25, 0.3) is 21.9 Å². The molecular weight excluding hydrogens is 428 g/mol. The first-order chi connectivity index (χ1) is 15.5. The molecule has 0 bridgehead atoms. The molecule has 0 aliphatic carbocycles. The molecule has 1 saturated heterocycles. The summed E-state index contributed by atoms with van der Waals surface area (Å²) in [5.74, 6) is 1.59. The molecule has 3 aromatic heterocycles. The number of rotatable bonds is 4. The summed E-state index contributed by atoms with van der Waals surface area (Å²) in [5.41, 5.74) is 2.23. The monoisotopic (exact) mass is 450 g/mol. The molecule has 1 aliphatic heterocycles. The van der Waals surface area contributed by atoms with Crippen molar-refractivity contribution in [2.75, 3.05) is 36.4 Å². The highest BCUT2D eigenvalue weighted by Crippen LogP contribution is 2.34. The molecule has 1 fully saturated rings. The minimum atomic E-state index is -0.134. The average molecular weight is 451 g/mol. The first kappa shape index (κ1) is 20.4. The van der Waals surface area contributed by atoms with Gasteiger partial charge in [0.15, 0.2) is 11.5 Å². The van der Waals surface area contributed by atoms with Crippen LogP contribution in [0.5, 0.6) is 0 Å². The first-order valence-electron chi connectivity index (χ1n) is 10.5. The van der Waals surface area contributed by atoms with Crippen LogP contribution < -0.4 is 10.2 Å². The molecule has 9 nitrogen and oxygen atoms in total. The second-order valence-electron chi connectivity index (χ2n) is 7.89. The van der Waals surface area contributed by atoms with Gasteiger partial charge in [-0.2, -0.15) is 0 Å². The fourth-order valence-electron chi connectivity index (χ4n) is 4.10. The molecule has 1 aromatic carbocycles. The van der Waals surface area contributed by atoms with E-state index in [4.69, 9.17) is 16.6 Å². The van der Waals surface area contributed by atoms with Gasteiger partial charge in [-0.25, -0.2) is 19.9 Å². The van der Waals surface area contributed by atoms with Gasteiger partial charge in [-0.1, -0.05) is 23.7 Å². The SMILES string of the molecule is CC(=O)N1CCN(c2nc([C@H](C)Nc3ncnc4[nH]cnc34)cc3cccc(Cl)c23)CC1. The highest BCUT2D eigenvalue weighted by atomic mass is 35.5. The zero-order chi connectivity index (χ0) is 22.2. The Bertz CT molecular complexity index is 1300. The van der Waals surface area contributed by atoms with E-state index in [9.17, 15) is 4.79 Å². The maximum absolute atomic E-state index is 11.7. The number of pyridine rings is 1. The lowest BCUT2D eigenvalue weighted by molar-refractivity contribution is -0.129. The summed E-state index contributed by atoms with van der Waals surface area (Å²) in [4.78, 5) is 36.7. The van der Waals surface area contributed by atoms with Gasteiger partial charge in [0.05, 0.1) is 23.1 Å². The molecule has 1 atom stereocenters. The van der Waals surface area contributed by atoms with E-state index in [-0.39, 0.29) is 11.9 Å². The third-order valence-electron chi connectivity index (χ3n) is 5.85.